The minimum atomic E-state index is -3.52. The number of thiophene rings is 1. The summed E-state index contributed by atoms with van der Waals surface area (Å²) in [5.74, 6) is -0.301. The zero-order valence-electron chi connectivity index (χ0n) is 18.6. The summed E-state index contributed by atoms with van der Waals surface area (Å²) < 4.78 is 41.4. The Labute approximate surface area is 203 Å². The number of sulfonamides is 1. The van der Waals surface area contributed by atoms with Crippen LogP contribution in [0.4, 0.5) is 4.39 Å². The summed E-state index contributed by atoms with van der Waals surface area (Å²) in [7, 11) is -3.52. The summed E-state index contributed by atoms with van der Waals surface area (Å²) in [5, 5.41) is 0. The predicted molar refractivity (Wildman–Crippen MR) is 131 cm³/mol. The molecule has 9 heteroatoms. The molecule has 1 saturated carbocycles. The van der Waals surface area contributed by atoms with Crippen LogP contribution < -0.4 is 4.72 Å². The van der Waals surface area contributed by atoms with Crippen LogP contribution in [-0.4, -0.2) is 56.3 Å². The molecule has 0 unspecified atom stereocenters. The van der Waals surface area contributed by atoms with E-state index in [1.54, 1.807) is 35.6 Å². The standard InChI is InChI=1S/C25H26FN3O3S2/c26-23-4-2-1-3-22(23)24-12-9-20(33-24)17-28-13-15-29(16-14-28)25(30)18-5-10-21(11-6-18)34(31,32)27-19-7-8-19/h1-6,9-12,19,27H,7-8,13-17H2. The lowest BCUT2D eigenvalue weighted by atomic mass is 10.2. The van der Waals surface area contributed by atoms with Gasteiger partial charge in [0.25, 0.3) is 5.91 Å². The Hall–Kier alpha value is -2.59. The number of carbonyl (C=O) groups excluding carboxylic acids is 1. The number of nitrogens with zero attached hydrogens (tertiary/aromatic N) is 2. The molecule has 1 aliphatic carbocycles. The molecule has 1 saturated heterocycles. The molecule has 2 heterocycles. The molecule has 0 bridgehead atoms. The molecule has 1 aromatic heterocycles. The lowest BCUT2D eigenvalue weighted by Gasteiger charge is -2.34. The van der Waals surface area contributed by atoms with Gasteiger partial charge < -0.3 is 4.90 Å². The fourth-order valence-electron chi connectivity index (χ4n) is 4.05. The first-order valence-corrected chi connectivity index (χ1v) is 13.7. The maximum absolute atomic E-state index is 14.1. The van der Waals surface area contributed by atoms with Crippen molar-refractivity contribution < 1.29 is 17.6 Å². The average molecular weight is 500 g/mol. The van der Waals surface area contributed by atoms with E-state index in [4.69, 9.17) is 0 Å². The van der Waals surface area contributed by atoms with Gasteiger partial charge in [0.05, 0.1) is 4.90 Å². The second kappa shape index (κ2) is 9.58. The molecule has 3 aromatic rings. The van der Waals surface area contributed by atoms with Gasteiger partial charge in [-0.3, -0.25) is 9.69 Å². The number of benzene rings is 2. The van der Waals surface area contributed by atoms with Crippen molar-refractivity contribution in [1.82, 2.24) is 14.5 Å². The van der Waals surface area contributed by atoms with Gasteiger partial charge in [0.2, 0.25) is 10.0 Å². The first kappa shape index (κ1) is 23.2. The van der Waals surface area contributed by atoms with Crippen molar-refractivity contribution >= 4 is 27.3 Å². The van der Waals surface area contributed by atoms with Crippen LogP contribution in [0.1, 0.15) is 28.1 Å². The average Bonchev–Trinajstić information content (AvgIpc) is 3.53. The van der Waals surface area contributed by atoms with Crippen LogP contribution >= 0.6 is 11.3 Å². The SMILES string of the molecule is O=C(c1ccc(S(=O)(=O)NC2CC2)cc1)N1CCN(Cc2ccc(-c3ccccc3F)s2)CC1. The van der Waals surface area contributed by atoms with Crippen molar-refractivity contribution in [2.75, 3.05) is 26.2 Å². The maximum Gasteiger partial charge on any atom is 0.253 e. The molecule has 6 nitrogen and oxygen atoms in total. The molecule has 2 aliphatic rings. The van der Waals surface area contributed by atoms with E-state index in [1.165, 1.54) is 18.2 Å². The summed E-state index contributed by atoms with van der Waals surface area (Å²) >= 11 is 1.59. The summed E-state index contributed by atoms with van der Waals surface area (Å²) in [5.41, 5.74) is 1.11. The summed E-state index contributed by atoms with van der Waals surface area (Å²) in [6.45, 7) is 3.47. The fraction of sp³-hybridized carbons (Fsp3) is 0.320. The third kappa shape index (κ3) is 5.22. The highest BCUT2D eigenvalue weighted by Gasteiger charge is 2.28. The molecule has 2 fully saturated rings. The number of hydrogen-bond acceptors (Lipinski definition) is 5. The van der Waals surface area contributed by atoms with Crippen molar-refractivity contribution in [1.29, 1.82) is 0 Å². The van der Waals surface area contributed by atoms with E-state index in [1.807, 2.05) is 23.1 Å². The molecule has 0 radical (unpaired) electrons. The summed E-state index contributed by atoms with van der Waals surface area (Å²) in [6, 6.07) is 17.0. The Bertz CT molecular complexity index is 1280. The highest BCUT2D eigenvalue weighted by molar-refractivity contribution is 7.89. The molecule has 2 aromatic carbocycles. The van der Waals surface area contributed by atoms with Gasteiger partial charge in [0, 0.05) is 59.6 Å². The lowest BCUT2D eigenvalue weighted by Crippen LogP contribution is -2.48. The molecular weight excluding hydrogens is 473 g/mol. The monoisotopic (exact) mass is 499 g/mol. The Kier molecular flexibility index (Phi) is 6.52. The summed E-state index contributed by atoms with van der Waals surface area (Å²) in [6.07, 6.45) is 1.75. The van der Waals surface area contributed by atoms with Crippen molar-refractivity contribution in [3.63, 3.8) is 0 Å². The minimum absolute atomic E-state index is 0.0443. The van der Waals surface area contributed by atoms with Crippen LogP contribution in [0.2, 0.25) is 0 Å². The van der Waals surface area contributed by atoms with Gasteiger partial charge in [0.1, 0.15) is 5.82 Å². The Morgan fingerprint density at radius 3 is 2.35 bits per heavy atom. The topological polar surface area (TPSA) is 69.7 Å². The van der Waals surface area contributed by atoms with Crippen molar-refractivity contribution in [3.05, 3.63) is 76.9 Å². The molecular formula is C25H26FN3O3S2. The van der Waals surface area contributed by atoms with E-state index in [-0.39, 0.29) is 22.7 Å². The number of rotatable bonds is 7. The molecule has 5 rings (SSSR count). The largest absolute Gasteiger partial charge is 0.336 e. The van der Waals surface area contributed by atoms with Gasteiger partial charge in [-0.2, -0.15) is 0 Å². The lowest BCUT2D eigenvalue weighted by molar-refractivity contribution is 0.0629. The molecule has 1 amide bonds. The Morgan fingerprint density at radius 2 is 1.68 bits per heavy atom. The quantitative estimate of drug-likeness (QED) is 0.535. The number of hydrogen-bond donors (Lipinski definition) is 1. The Morgan fingerprint density at radius 1 is 0.971 bits per heavy atom. The van der Waals surface area contributed by atoms with Crippen molar-refractivity contribution in [2.24, 2.45) is 0 Å². The van der Waals surface area contributed by atoms with Gasteiger partial charge >= 0.3 is 0 Å². The number of piperazine rings is 1. The van der Waals surface area contributed by atoms with Gasteiger partial charge in [-0.1, -0.05) is 18.2 Å². The van der Waals surface area contributed by atoms with E-state index in [0.717, 1.165) is 42.2 Å². The van der Waals surface area contributed by atoms with E-state index >= 15 is 0 Å². The summed E-state index contributed by atoms with van der Waals surface area (Å²) in [4.78, 5) is 19.3. The maximum atomic E-state index is 14.1. The van der Waals surface area contributed by atoms with Crippen LogP contribution in [0, 0.1) is 5.82 Å². The van der Waals surface area contributed by atoms with E-state index in [2.05, 4.69) is 9.62 Å². The van der Waals surface area contributed by atoms with E-state index < -0.39 is 10.0 Å². The van der Waals surface area contributed by atoms with Gasteiger partial charge in [-0.05, 0) is 55.3 Å². The first-order valence-electron chi connectivity index (χ1n) is 11.4. The number of nitrogens with one attached hydrogen (secondary N) is 1. The van der Waals surface area contributed by atoms with Gasteiger partial charge in [-0.25, -0.2) is 17.5 Å². The normalized spacial score (nSPS) is 17.1. The zero-order chi connectivity index (χ0) is 23.7. The molecule has 178 valence electrons. The van der Waals surface area contributed by atoms with Crippen LogP contribution in [0.5, 0.6) is 0 Å². The van der Waals surface area contributed by atoms with Crippen LogP contribution in [-0.2, 0) is 16.6 Å². The molecule has 0 atom stereocenters. The predicted octanol–water partition coefficient (Wildman–Crippen LogP) is 3.95. The fourth-order valence-corrected chi connectivity index (χ4v) is 6.43. The van der Waals surface area contributed by atoms with E-state index in [9.17, 15) is 17.6 Å². The number of halogens is 1. The van der Waals surface area contributed by atoms with Gasteiger partial charge in [-0.15, -0.1) is 11.3 Å². The van der Waals surface area contributed by atoms with Crippen LogP contribution in [0.25, 0.3) is 10.4 Å². The number of amides is 1. The van der Waals surface area contributed by atoms with Crippen LogP contribution in [0.15, 0.2) is 65.6 Å². The minimum Gasteiger partial charge on any atom is -0.336 e. The second-order valence-electron chi connectivity index (χ2n) is 8.73. The van der Waals surface area contributed by atoms with E-state index in [0.29, 0.717) is 24.2 Å². The van der Waals surface area contributed by atoms with Crippen LogP contribution in [0.3, 0.4) is 0 Å². The second-order valence-corrected chi connectivity index (χ2v) is 11.6. The third-order valence-electron chi connectivity index (χ3n) is 6.15. The number of carbonyl (C=O) groups is 1. The molecule has 1 N–H and O–H groups in total. The van der Waals surface area contributed by atoms with Crippen molar-refractivity contribution in [3.8, 4) is 10.4 Å². The molecule has 34 heavy (non-hydrogen) atoms. The highest BCUT2D eigenvalue weighted by Crippen LogP contribution is 2.31. The molecule has 0 spiro atoms. The smallest absolute Gasteiger partial charge is 0.253 e. The highest BCUT2D eigenvalue weighted by atomic mass is 32.2. The van der Waals surface area contributed by atoms with Crippen molar-refractivity contribution in [2.45, 2.75) is 30.3 Å². The first-order chi connectivity index (χ1) is 16.4. The zero-order valence-corrected chi connectivity index (χ0v) is 20.2. The Balaban J connectivity index is 1.15. The molecule has 1 aliphatic heterocycles. The van der Waals surface area contributed by atoms with Gasteiger partial charge in [0.15, 0.2) is 0 Å². The third-order valence-corrected chi connectivity index (χ3v) is 8.79.